The van der Waals surface area contributed by atoms with Crippen molar-refractivity contribution < 1.29 is 12.9 Å². The predicted octanol–water partition coefficient (Wildman–Crippen LogP) is 1.17. The molecule has 0 aliphatic carbocycles. The monoisotopic (exact) mass is 281 g/mol. The first kappa shape index (κ1) is 13.7. The molecule has 0 saturated carbocycles. The SMILES string of the molecule is CC(N)c1ccc(S(=O)(=O)NCc2ccon2)cc1. The van der Waals surface area contributed by atoms with Crippen molar-refractivity contribution in [2.45, 2.75) is 24.4 Å². The first-order chi connectivity index (χ1) is 8.99. The van der Waals surface area contributed by atoms with Gasteiger partial charge in [0.25, 0.3) is 0 Å². The largest absolute Gasteiger partial charge is 0.364 e. The van der Waals surface area contributed by atoms with Crippen LogP contribution in [0.25, 0.3) is 0 Å². The number of rotatable bonds is 5. The summed E-state index contributed by atoms with van der Waals surface area (Å²) >= 11 is 0. The lowest BCUT2D eigenvalue weighted by Gasteiger charge is -2.08. The van der Waals surface area contributed by atoms with E-state index in [2.05, 4.69) is 14.4 Å². The molecule has 0 spiro atoms. The van der Waals surface area contributed by atoms with Crippen LogP contribution in [0.4, 0.5) is 0 Å². The summed E-state index contributed by atoms with van der Waals surface area (Å²) in [4.78, 5) is 0.195. The molecule has 3 N–H and O–H groups in total. The zero-order valence-corrected chi connectivity index (χ0v) is 11.2. The van der Waals surface area contributed by atoms with Crippen molar-refractivity contribution in [2.75, 3.05) is 0 Å². The molecular weight excluding hydrogens is 266 g/mol. The van der Waals surface area contributed by atoms with Gasteiger partial charge in [-0.25, -0.2) is 13.1 Å². The number of hydrogen-bond acceptors (Lipinski definition) is 5. The van der Waals surface area contributed by atoms with Gasteiger partial charge >= 0.3 is 0 Å². The minimum Gasteiger partial charge on any atom is -0.364 e. The fourth-order valence-corrected chi connectivity index (χ4v) is 2.53. The van der Waals surface area contributed by atoms with Crippen LogP contribution >= 0.6 is 0 Å². The molecule has 102 valence electrons. The minimum absolute atomic E-state index is 0.0911. The fraction of sp³-hybridized carbons (Fsp3) is 0.250. The number of hydrogen-bond donors (Lipinski definition) is 2. The van der Waals surface area contributed by atoms with Gasteiger partial charge in [0.15, 0.2) is 0 Å². The number of nitrogens with two attached hydrogens (primary N) is 1. The molecular formula is C12H15N3O3S. The van der Waals surface area contributed by atoms with Gasteiger partial charge in [0.1, 0.15) is 6.26 Å². The van der Waals surface area contributed by atoms with Crippen molar-refractivity contribution in [2.24, 2.45) is 5.73 Å². The molecule has 0 radical (unpaired) electrons. The van der Waals surface area contributed by atoms with E-state index in [1.165, 1.54) is 18.4 Å². The lowest BCUT2D eigenvalue weighted by atomic mass is 10.1. The lowest BCUT2D eigenvalue weighted by molar-refractivity contribution is 0.411. The average molecular weight is 281 g/mol. The fourth-order valence-electron chi connectivity index (χ4n) is 1.53. The highest BCUT2D eigenvalue weighted by Crippen LogP contribution is 2.14. The Hall–Kier alpha value is -1.70. The van der Waals surface area contributed by atoms with Gasteiger partial charge < -0.3 is 10.3 Å². The Morgan fingerprint density at radius 2 is 2.00 bits per heavy atom. The van der Waals surface area contributed by atoms with Crippen LogP contribution in [-0.4, -0.2) is 13.6 Å². The summed E-state index contributed by atoms with van der Waals surface area (Å²) in [7, 11) is -3.55. The number of nitrogens with one attached hydrogen (secondary N) is 1. The summed E-state index contributed by atoms with van der Waals surface area (Å²) in [6.45, 7) is 1.93. The second-order valence-corrected chi connectivity index (χ2v) is 5.94. The molecule has 7 heteroatoms. The van der Waals surface area contributed by atoms with Gasteiger partial charge in [-0.05, 0) is 24.6 Å². The van der Waals surface area contributed by atoms with Crippen molar-refractivity contribution in [1.82, 2.24) is 9.88 Å². The smallest absolute Gasteiger partial charge is 0.240 e. The third-order valence-corrected chi connectivity index (χ3v) is 4.07. The van der Waals surface area contributed by atoms with Gasteiger partial charge in [-0.3, -0.25) is 0 Å². The molecule has 0 amide bonds. The summed E-state index contributed by atoms with van der Waals surface area (Å²) in [6, 6.07) is 7.94. The summed E-state index contributed by atoms with van der Waals surface area (Å²) in [5.41, 5.74) is 7.12. The Kier molecular flexibility index (Phi) is 3.98. The summed E-state index contributed by atoms with van der Waals surface area (Å²) < 4.78 is 31.1. The molecule has 0 aliphatic rings. The van der Waals surface area contributed by atoms with Crippen molar-refractivity contribution in [3.05, 3.63) is 47.9 Å². The van der Waals surface area contributed by atoms with Gasteiger partial charge in [0, 0.05) is 12.1 Å². The molecule has 1 aromatic heterocycles. The van der Waals surface area contributed by atoms with Crippen LogP contribution in [0.1, 0.15) is 24.2 Å². The Bertz CT molecular complexity index is 619. The van der Waals surface area contributed by atoms with Gasteiger partial charge in [0.05, 0.1) is 17.1 Å². The summed E-state index contributed by atoms with van der Waals surface area (Å²) in [6.07, 6.45) is 1.39. The molecule has 1 aromatic carbocycles. The van der Waals surface area contributed by atoms with E-state index in [-0.39, 0.29) is 17.5 Å². The van der Waals surface area contributed by atoms with Crippen molar-refractivity contribution in [1.29, 1.82) is 0 Å². The molecule has 0 bridgehead atoms. The van der Waals surface area contributed by atoms with Crippen LogP contribution in [0.2, 0.25) is 0 Å². The van der Waals surface area contributed by atoms with Crippen molar-refractivity contribution in [3.8, 4) is 0 Å². The van der Waals surface area contributed by atoms with E-state index >= 15 is 0 Å². The third kappa shape index (κ3) is 3.40. The minimum atomic E-state index is -3.55. The van der Waals surface area contributed by atoms with E-state index in [4.69, 9.17) is 5.73 Å². The molecule has 6 nitrogen and oxygen atoms in total. The summed E-state index contributed by atoms with van der Waals surface area (Å²) in [5.74, 6) is 0. The second-order valence-electron chi connectivity index (χ2n) is 4.17. The quantitative estimate of drug-likeness (QED) is 0.857. The van der Waals surface area contributed by atoms with E-state index < -0.39 is 10.0 Å². The van der Waals surface area contributed by atoms with Crippen LogP contribution in [0.15, 0.2) is 46.0 Å². The van der Waals surface area contributed by atoms with Crippen LogP contribution in [-0.2, 0) is 16.6 Å². The van der Waals surface area contributed by atoms with E-state index in [1.807, 2.05) is 6.92 Å². The zero-order valence-electron chi connectivity index (χ0n) is 10.4. The zero-order chi connectivity index (χ0) is 13.9. The molecule has 0 aliphatic heterocycles. The van der Waals surface area contributed by atoms with Gasteiger partial charge in [-0.2, -0.15) is 0 Å². The number of aromatic nitrogens is 1. The molecule has 2 aromatic rings. The van der Waals surface area contributed by atoms with Gasteiger partial charge in [-0.15, -0.1) is 0 Å². The Balaban J connectivity index is 2.10. The maximum atomic E-state index is 12.0. The number of nitrogens with zero attached hydrogens (tertiary/aromatic N) is 1. The molecule has 1 heterocycles. The van der Waals surface area contributed by atoms with Gasteiger partial charge in [0.2, 0.25) is 10.0 Å². The predicted molar refractivity (Wildman–Crippen MR) is 69.6 cm³/mol. The Labute approximate surface area is 111 Å². The maximum absolute atomic E-state index is 12.0. The Morgan fingerprint density at radius 1 is 1.32 bits per heavy atom. The van der Waals surface area contributed by atoms with Crippen LogP contribution < -0.4 is 10.5 Å². The topological polar surface area (TPSA) is 98.2 Å². The molecule has 19 heavy (non-hydrogen) atoms. The average Bonchev–Trinajstić information content (AvgIpc) is 2.90. The molecule has 1 atom stereocenters. The highest BCUT2D eigenvalue weighted by Gasteiger charge is 2.14. The Morgan fingerprint density at radius 3 is 2.53 bits per heavy atom. The molecule has 2 rings (SSSR count). The molecule has 0 fully saturated rings. The summed E-state index contributed by atoms with van der Waals surface area (Å²) in [5, 5.41) is 3.63. The normalized spacial score (nSPS) is 13.4. The molecule has 0 saturated heterocycles. The number of benzene rings is 1. The molecule has 1 unspecified atom stereocenters. The van der Waals surface area contributed by atoms with E-state index in [0.717, 1.165) is 5.56 Å². The van der Waals surface area contributed by atoms with E-state index in [1.54, 1.807) is 18.2 Å². The standard InChI is InChI=1S/C12H15N3O3S/c1-9(13)10-2-4-12(5-3-10)19(16,17)14-8-11-6-7-18-15-11/h2-7,9,14H,8,13H2,1H3. The first-order valence-electron chi connectivity index (χ1n) is 5.73. The second kappa shape index (κ2) is 5.52. The van der Waals surface area contributed by atoms with Gasteiger partial charge in [-0.1, -0.05) is 17.3 Å². The lowest BCUT2D eigenvalue weighted by Crippen LogP contribution is -2.23. The van der Waals surface area contributed by atoms with E-state index in [9.17, 15) is 8.42 Å². The van der Waals surface area contributed by atoms with Crippen LogP contribution in [0, 0.1) is 0 Å². The van der Waals surface area contributed by atoms with E-state index in [0.29, 0.717) is 5.69 Å². The highest BCUT2D eigenvalue weighted by molar-refractivity contribution is 7.89. The maximum Gasteiger partial charge on any atom is 0.240 e. The number of sulfonamides is 1. The third-order valence-electron chi connectivity index (χ3n) is 2.65. The van der Waals surface area contributed by atoms with Crippen molar-refractivity contribution in [3.63, 3.8) is 0 Å². The van der Waals surface area contributed by atoms with Crippen molar-refractivity contribution >= 4 is 10.0 Å². The first-order valence-corrected chi connectivity index (χ1v) is 7.22. The van der Waals surface area contributed by atoms with Crippen LogP contribution in [0.5, 0.6) is 0 Å². The highest BCUT2D eigenvalue weighted by atomic mass is 32.2. The van der Waals surface area contributed by atoms with Crippen LogP contribution in [0.3, 0.4) is 0 Å².